The maximum absolute atomic E-state index is 11.5. The number of ether oxygens (including phenoxy) is 1. The van der Waals surface area contributed by atoms with Crippen LogP contribution < -0.4 is 10.1 Å². The average Bonchev–Trinajstić information content (AvgIpc) is 2.29. The van der Waals surface area contributed by atoms with Gasteiger partial charge in [0.05, 0.1) is 13.2 Å². The van der Waals surface area contributed by atoms with E-state index in [9.17, 15) is 4.79 Å². The zero-order chi connectivity index (χ0) is 13.0. The Labute approximate surface area is 103 Å². The highest BCUT2D eigenvalue weighted by atomic mass is 16.5. The number of likely N-dealkylation sites (N-methyl/N-ethyl adjacent to an activating group) is 1. The van der Waals surface area contributed by atoms with Gasteiger partial charge in [-0.15, -0.1) is 0 Å². The molecule has 3 heteroatoms. The summed E-state index contributed by atoms with van der Waals surface area (Å²) in [5, 5.41) is 3.03. The van der Waals surface area contributed by atoms with Crippen LogP contribution in [0.25, 0.3) is 0 Å². The van der Waals surface area contributed by atoms with Gasteiger partial charge in [0.1, 0.15) is 5.75 Å². The predicted octanol–water partition coefficient (Wildman–Crippen LogP) is 2.67. The molecule has 0 spiro atoms. The van der Waals surface area contributed by atoms with Gasteiger partial charge in [0.15, 0.2) is 5.78 Å². The Balaban J connectivity index is 3.19. The van der Waals surface area contributed by atoms with Gasteiger partial charge in [-0.05, 0) is 43.1 Å². The molecule has 0 fully saturated rings. The summed E-state index contributed by atoms with van der Waals surface area (Å²) in [6, 6.07) is 5.68. The fourth-order valence-corrected chi connectivity index (χ4v) is 1.99. The summed E-state index contributed by atoms with van der Waals surface area (Å²) in [5.41, 5.74) is 2.12. The highest BCUT2D eigenvalue weighted by molar-refractivity contribution is 5.83. The first-order valence-electron chi connectivity index (χ1n) is 5.86. The van der Waals surface area contributed by atoms with Gasteiger partial charge >= 0.3 is 0 Å². The monoisotopic (exact) mass is 235 g/mol. The second-order valence-corrected chi connectivity index (χ2v) is 4.49. The van der Waals surface area contributed by atoms with Crippen molar-refractivity contribution in [2.45, 2.75) is 32.7 Å². The molecular formula is C14H21NO2. The third-order valence-corrected chi connectivity index (χ3v) is 2.90. The molecule has 1 rings (SSSR count). The third kappa shape index (κ3) is 3.07. The number of carbonyl (C=O) groups excluding carboxylic acids is 1. The van der Waals surface area contributed by atoms with E-state index in [0.717, 1.165) is 16.9 Å². The SMILES string of the molecule is CNC(C(C)=O)c1ccc(OC)c(C(C)C)c1. The molecule has 17 heavy (non-hydrogen) atoms. The topological polar surface area (TPSA) is 38.3 Å². The highest BCUT2D eigenvalue weighted by Gasteiger charge is 2.17. The van der Waals surface area contributed by atoms with Crippen LogP contribution in [0.5, 0.6) is 5.75 Å². The molecule has 1 N–H and O–H groups in total. The number of hydrogen-bond donors (Lipinski definition) is 1. The minimum Gasteiger partial charge on any atom is -0.496 e. The van der Waals surface area contributed by atoms with Crippen LogP contribution in [0, 0.1) is 0 Å². The molecule has 0 aliphatic heterocycles. The fraction of sp³-hybridized carbons (Fsp3) is 0.500. The lowest BCUT2D eigenvalue weighted by Crippen LogP contribution is -2.23. The van der Waals surface area contributed by atoms with Crippen molar-refractivity contribution < 1.29 is 9.53 Å². The van der Waals surface area contributed by atoms with E-state index < -0.39 is 0 Å². The molecular weight excluding hydrogens is 214 g/mol. The maximum Gasteiger partial charge on any atom is 0.151 e. The van der Waals surface area contributed by atoms with Crippen molar-refractivity contribution in [2.75, 3.05) is 14.2 Å². The molecule has 0 heterocycles. The lowest BCUT2D eigenvalue weighted by Gasteiger charge is -2.18. The summed E-state index contributed by atoms with van der Waals surface area (Å²) in [7, 11) is 3.47. The van der Waals surface area contributed by atoms with Crippen molar-refractivity contribution in [3.63, 3.8) is 0 Å². The van der Waals surface area contributed by atoms with Gasteiger partial charge in [-0.25, -0.2) is 0 Å². The maximum atomic E-state index is 11.5. The molecule has 1 aromatic carbocycles. The summed E-state index contributed by atoms with van der Waals surface area (Å²) in [4.78, 5) is 11.5. The number of rotatable bonds is 5. The third-order valence-electron chi connectivity index (χ3n) is 2.90. The molecule has 1 unspecified atom stereocenters. The van der Waals surface area contributed by atoms with E-state index in [1.165, 1.54) is 0 Å². The zero-order valence-electron chi connectivity index (χ0n) is 11.2. The summed E-state index contributed by atoms with van der Waals surface area (Å²) >= 11 is 0. The number of methoxy groups -OCH3 is 1. The van der Waals surface area contributed by atoms with Gasteiger partial charge in [-0.3, -0.25) is 4.79 Å². The summed E-state index contributed by atoms with van der Waals surface area (Å²) in [5.74, 6) is 1.36. The quantitative estimate of drug-likeness (QED) is 0.852. The van der Waals surface area contributed by atoms with Crippen molar-refractivity contribution in [1.29, 1.82) is 0 Å². The molecule has 0 bridgehead atoms. The van der Waals surface area contributed by atoms with Crippen LogP contribution in [0.3, 0.4) is 0 Å². The number of Topliss-reactive ketones (excluding diaryl/α,β-unsaturated/α-hetero) is 1. The number of ketones is 1. The van der Waals surface area contributed by atoms with Gasteiger partial charge in [0, 0.05) is 0 Å². The van der Waals surface area contributed by atoms with Crippen LogP contribution in [-0.4, -0.2) is 19.9 Å². The number of carbonyl (C=O) groups is 1. The highest BCUT2D eigenvalue weighted by Crippen LogP contribution is 2.29. The Morgan fingerprint density at radius 3 is 2.41 bits per heavy atom. The van der Waals surface area contributed by atoms with E-state index >= 15 is 0 Å². The second kappa shape index (κ2) is 5.82. The van der Waals surface area contributed by atoms with Crippen molar-refractivity contribution in [3.8, 4) is 5.75 Å². The van der Waals surface area contributed by atoms with Gasteiger partial charge < -0.3 is 10.1 Å². The standard InChI is InChI=1S/C14H21NO2/c1-9(2)12-8-11(6-7-13(12)17-5)14(15-4)10(3)16/h6-9,14-15H,1-5H3. The Hall–Kier alpha value is -1.35. The second-order valence-electron chi connectivity index (χ2n) is 4.49. The first-order valence-corrected chi connectivity index (χ1v) is 5.86. The Bertz CT molecular complexity index is 399. The summed E-state index contributed by atoms with van der Waals surface area (Å²) in [6.45, 7) is 5.83. The normalized spacial score (nSPS) is 12.6. The molecule has 1 atom stereocenters. The molecule has 0 aromatic heterocycles. The summed E-state index contributed by atoms with van der Waals surface area (Å²) < 4.78 is 5.33. The van der Waals surface area contributed by atoms with E-state index in [-0.39, 0.29) is 11.8 Å². The molecule has 0 radical (unpaired) electrons. The lowest BCUT2D eigenvalue weighted by molar-refractivity contribution is -0.119. The van der Waals surface area contributed by atoms with Crippen molar-refractivity contribution in [1.82, 2.24) is 5.32 Å². The molecule has 3 nitrogen and oxygen atoms in total. The number of hydrogen-bond acceptors (Lipinski definition) is 3. The Kier molecular flexibility index (Phi) is 4.70. The van der Waals surface area contributed by atoms with Crippen molar-refractivity contribution >= 4 is 5.78 Å². The largest absolute Gasteiger partial charge is 0.496 e. The smallest absolute Gasteiger partial charge is 0.151 e. The number of benzene rings is 1. The van der Waals surface area contributed by atoms with Gasteiger partial charge in [0.2, 0.25) is 0 Å². The minimum absolute atomic E-state index is 0.118. The molecule has 0 saturated heterocycles. The Morgan fingerprint density at radius 2 is 2.00 bits per heavy atom. The molecule has 0 saturated carbocycles. The minimum atomic E-state index is -0.238. The molecule has 1 aromatic rings. The lowest BCUT2D eigenvalue weighted by atomic mass is 9.95. The van der Waals surface area contributed by atoms with Crippen LogP contribution >= 0.6 is 0 Å². The summed E-state index contributed by atoms with van der Waals surface area (Å²) in [6.07, 6.45) is 0. The first-order chi connectivity index (χ1) is 8.01. The average molecular weight is 235 g/mol. The molecule has 0 aliphatic carbocycles. The molecule has 94 valence electrons. The molecule has 0 amide bonds. The van der Waals surface area contributed by atoms with E-state index in [4.69, 9.17) is 4.74 Å². The van der Waals surface area contributed by atoms with Gasteiger partial charge in [0.25, 0.3) is 0 Å². The number of nitrogens with one attached hydrogen (secondary N) is 1. The van der Waals surface area contributed by atoms with E-state index in [2.05, 4.69) is 19.2 Å². The van der Waals surface area contributed by atoms with E-state index in [1.807, 2.05) is 18.2 Å². The van der Waals surface area contributed by atoms with Crippen LogP contribution in [0.4, 0.5) is 0 Å². The van der Waals surface area contributed by atoms with Crippen LogP contribution in [0.1, 0.15) is 43.9 Å². The van der Waals surface area contributed by atoms with Gasteiger partial charge in [-0.1, -0.05) is 19.9 Å². The van der Waals surface area contributed by atoms with E-state index in [1.54, 1.807) is 21.1 Å². The van der Waals surface area contributed by atoms with Crippen molar-refractivity contribution in [3.05, 3.63) is 29.3 Å². The van der Waals surface area contributed by atoms with Crippen LogP contribution in [0.2, 0.25) is 0 Å². The van der Waals surface area contributed by atoms with Crippen LogP contribution in [0.15, 0.2) is 18.2 Å². The predicted molar refractivity (Wildman–Crippen MR) is 69.6 cm³/mol. The zero-order valence-corrected chi connectivity index (χ0v) is 11.2. The molecule has 0 aliphatic rings. The fourth-order valence-electron chi connectivity index (χ4n) is 1.99. The first kappa shape index (κ1) is 13.7. The van der Waals surface area contributed by atoms with Crippen LogP contribution in [-0.2, 0) is 4.79 Å². The Morgan fingerprint density at radius 1 is 1.35 bits per heavy atom. The van der Waals surface area contributed by atoms with Gasteiger partial charge in [-0.2, -0.15) is 0 Å². The van der Waals surface area contributed by atoms with E-state index in [0.29, 0.717) is 5.92 Å². The van der Waals surface area contributed by atoms with Crippen molar-refractivity contribution in [2.24, 2.45) is 0 Å².